The Labute approximate surface area is 132 Å². The van der Waals surface area contributed by atoms with Gasteiger partial charge in [-0.25, -0.2) is 4.98 Å². The maximum atomic E-state index is 4.08. The monoisotopic (exact) mass is 306 g/mol. The summed E-state index contributed by atoms with van der Waals surface area (Å²) in [6, 6.07) is 9.89. The molecule has 0 spiro atoms. The van der Waals surface area contributed by atoms with E-state index in [-0.39, 0.29) is 12.4 Å². The predicted octanol–water partition coefficient (Wildman–Crippen LogP) is 2.48. The first-order valence-electron chi connectivity index (χ1n) is 7.26. The normalized spacial score (nSPS) is 22.8. The van der Waals surface area contributed by atoms with E-state index in [0.717, 1.165) is 25.3 Å². The van der Waals surface area contributed by atoms with E-state index in [1.54, 1.807) is 6.20 Å². The SMILES string of the molecule is CC1CN(Cc2ccc(-n3ccnc3)cc2)CC(C)N1.Cl. The molecule has 1 aliphatic rings. The van der Waals surface area contributed by atoms with Gasteiger partial charge in [0.25, 0.3) is 0 Å². The molecule has 3 rings (SSSR count). The Morgan fingerprint density at radius 2 is 1.81 bits per heavy atom. The zero-order valence-corrected chi connectivity index (χ0v) is 13.4. The molecule has 114 valence electrons. The standard InChI is InChI=1S/C16H22N4.ClH/c1-13-9-19(10-14(2)18-13)11-15-3-5-16(6-4-15)20-8-7-17-12-20;/h3-8,12-14,18H,9-11H2,1-2H3;1H. The van der Waals surface area contributed by atoms with Crippen molar-refractivity contribution < 1.29 is 0 Å². The van der Waals surface area contributed by atoms with E-state index in [9.17, 15) is 0 Å². The summed E-state index contributed by atoms with van der Waals surface area (Å²) in [5, 5.41) is 3.57. The highest BCUT2D eigenvalue weighted by Gasteiger charge is 2.20. The summed E-state index contributed by atoms with van der Waals surface area (Å²) in [4.78, 5) is 6.60. The third-order valence-electron chi connectivity index (χ3n) is 3.78. The second-order valence-electron chi connectivity index (χ2n) is 5.80. The van der Waals surface area contributed by atoms with E-state index >= 15 is 0 Å². The Bertz CT molecular complexity index is 528. The van der Waals surface area contributed by atoms with Gasteiger partial charge in [0.1, 0.15) is 0 Å². The van der Waals surface area contributed by atoms with E-state index in [0.29, 0.717) is 12.1 Å². The number of halogens is 1. The van der Waals surface area contributed by atoms with E-state index in [1.165, 1.54) is 5.56 Å². The first kappa shape index (κ1) is 16.0. The van der Waals surface area contributed by atoms with Gasteiger partial charge in [-0.3, -0.25) is 4.90 Å². The largest absolute Gasteiger partial charge is 0.309 e. The van der Waals surface area contributed by atoms with Crippen LogP contribution in [0.1, 0.15) is 19.4 Å². The van der Waals surface area contributed by atoms with Gasteiger partial charge in [0.2, 0.25) is 0 Å². The van der Waals surface area contributed by atoms with Crippen LogP contribution in [0.3, 0.4) is 0 Å². The minimum Gasteiger partial charge on any atom is -0.309 e. The van der Waals surface area contributed by atoms with Crippen LogP contribution >= 0.6 is 12.4 Å². The van der Waals surface area contributed by atoms with Crippen LogP contribution in [0, 0.1) is 0 Å². The Kier molecular flexibility index (Phi) is 5.39. The lowest BCUT2D eigenvalue weighted by atomic mass is 10.1. The Hall–Kier alpha value is -1.36. The van der Waals surface area contributed by atoms with Gasteiger partial charge in [-0.05, 0) is 31.5 Å². The van der Waals surface area contributed by atoms with Crippen LogP contribution in [0.4, 0.5) is 0 Å². The first-order chi connectivity index (χ1) is 9.70. The molecule has 1 aromatic carbocycles. The van der Waals surface area contributed by atoms with Crippen LogP contribution in [0.25, 0.3) is 5.69 Å². The van der Waals surface area contributed by atoms with Crippen LogP contribution in [0.2, 0.25) is 0 Å². The quantitative estimate of drug-likeness (QED) is 0.946. The maximum absolute atomic E-state index is 4.08. The smallest absolute Gasteiger partial charge is 0.0991 e. The Morgan fingerprint density at radius 1 is 1.14 bits per heavy atom. The second kappa shape index (κ2) is 7.07. The third-order valence-corrected chi connectivity index (χ3v) is 3.78. The molecule has 0 aliphatic carbocycles. The lowest BCUT2D eigenvalue weighted by Gasteiger charge is -2.36. The molecule has 2 unspecified atom stereocenters. The first-order valence-corrected chi connectivity index (χ1v) is 7.26. The van der Waals surface area contributed by atoms with Gasteiger partial charge in [-0.2, -0.15) is 0 Å². The highest BCUT2D eigenvalue weighted by molar-refractivity contribution is 5.85. The number of piperazine rings is 1. The molecular formula is C16H23ClN4. The molecule has 2 aromatic rings. The van der Waals surface area contributed by atoms with Crippen molar-refractivity contribution in [1.29, 1.82) is 0 Å². The maximum Gasteiger partial charge on any atom is 0.0991 e. The van der Waals surface area contributed by atoms with Crippen molar-refractivity contribution in [1.82, 2.24) is 19.8 Å². The van der Waals surface area contributed by atoms with Crippen LogP contribution < -0.4 is 5.32 Å². The molecule has 0 saturated carbocycles. The predicted molar refractivity (Wildman–Crippen MR) is 88.1 cm³/mol. The number of benzene rings is 1. The number of nitrogens with zero attached hydrogens (tertiary/aromatic N) is 3. The summed E-state index contributed by atoms with van der Waals surface area (Å²) < 4.78 is 2.03. The van der Waals surface area contributed by atoms with Crippen LogP contribution in [0.5, 0.6) is 0 Å². The van der Waals surface area contributed by atoms with Gasteiger partial charge in [0.05, 0.1) is 6.33 Å². The fourth-order valence-corrected chi connectivity index (χ4v) is 3.01. The molecule has 1 fully saturated rings. The van der Waals surface area contributed by atoms with Gasteiger partial charge in [-0.1, -0.05) is 12.1 Å². The molecule has 1 saturated heterocycles. The fourth-order valence-electron chi connectivity index (χ4n) is 3.01. The summed E-state index contributed by atoms with van der Waals surface area (Å²) in [7, 11) is 0. The summed E-state index contributed by atoms with van der Waals surface area (Å²) >= 11 is 0. The van der Waals surface area contributed by atoms with E-state index in [4.69, 9.17) is 0 Å². The fraction of sp³-hybridized carbons (Fsp3) is 0.438. The molecule has 2 atom stereocenters. The molecule has 1 aliphatic heterocycles. The second-order valence-corrected chi connectivity index (χ2v) is 5.80. The van der Waals surface area contributed by atoms with Crippen molar-refractivity contribution in [3.05, 3.63) is 48.5 Å². The number of rotatable bonds is 3. The summed E-state index contributed by atoms with van der Waals surface area (Å²) in [6.45, 7) is 7.78. The van der Waals surface area contributed by atoms with Gasteiger partial charge in [0, 0.05) is 49.8 Å². The number of imidazole rings is 1. The minimum atomic E-state index is 0. The van der Waals surface area contributed by atoms with E-state index in [1.807, 2.05) is 17.1 Å². The van der Waals surface area contributed by atoms with E-state index < -0.39 is 0 Å². The minimum absolute atomic E-state index is 0. The van der Waals surface area contributed by atoms with Crippen LogP contribution in [-0.2, 0) is 6.54 Å². The van der Waals surface area contributed by atoms with Crippen molar-refractivity contribution >= 4 is 12.4 Å². The molecule has 21 heavy (non-hydrogen) atoms. The molecule has 2 heterocycles. The number of aromatic nitrogens is 2. The van der Waals surface area contributed by atoms with Gasteiger partial charge < -0.3 is 9.88 Å². The molecule has 1 aromatic heterocycles. The Morgan fingerprint density at radius 3 is 2.38 bits per heavy atom. The van der Waals surface area contributed by atoms with E-state index in [2.05, 4.69) is 53.3 Å². The highest BCUT2D eigenvalue weighted by Crippen LogP contribution is 2.13. The number of hydrogen-bond donors (Lipinski definition) is 1. The number of nitrogens with one attached hydrogen (secondary N) is 1. The summed E-state index contributed by atoms with van der Waals surface area (Å²) in [5.74, 6) is 0. The molecule has 1 N–H and O–H groups in total. The lowest BCUT2D eigenvalue weighted by Crippen LogP contribution is -2.53. The molecular weight excluding hydrogens is 284 g/mol. The zero-order chi connectivity index (χ0) is 13.9. The molecule has 0 bridgehead atoms. The van der Waals surface area contributed by atoms with Crippen molar-refractivity contribution in [2.75, 3.05) is 13.1 Å². The van der Waals surface area contributed by atoms with Crippen molar-refractivity contribution in [2.45, 2.75) is 32.5 Å². The van der Waals surface area contributed by atoms with Crippen molar-refractivity contribution in [3.8, 4) is 5.69 Å². The molecule has 0 amide bonds. The van der Waals surface area contributed by atoms with Crippen LogP contribution in [0.15, 0.2) is 43.0 Å². The topological polar surface area (TPSA) is 33.1 Å². The average Bonchev–Trinajstić information content (AvgIpc) is 2.92. The zero-order valence-electron chi connectivity index (χ0n) is 12.6. The van der Waals surface area contributed by atoms with Crippen LogP contribution in [-0.4, -0.2) is 39.6 Å². The Balaban J connectivity index is 0.00000161. The van der Waals surface area contributed by atoms with Crippen molar-refractivity contribution in [2.24, 2.45) is 0 Å². The highest BCUT2D eigenvalue weighted by atomic mass is 35.5. The van der Waals surface area contributed by atoms with Gasteiger partial charge in [-0.15, -0.1) is 12.4 Å². The number of hydrogen-bond acceptors (Lipinski definition) is 3. The molecule has 5 heteroatoms. The molecule has 4 nitrogen and oxygen atoms in total. The average molecular weight is 307 g/mol. The van der Waals surface area contributed by atoms with Crippen molar-refractivity contribution in [3.63, 3.8) is 0 Å². The van der Waals surface area contributed by atoms with Gasteiger partial charge in [0.15, 0.2) is 0 Å². The molecule has 0 radical (unpaired) electrons. The summed E-state index contributed by atoms with van der Waals surface area (Å²) in [6.07, 6.45) is 5.60. The van der Waals surface area contributed by atoms with Gasteiger partial charge >= 0.3 is 0 Å². The lowest BCUT2D eigenvalue weighted by molar-refractivity contribution is 0.166. The summed E-state index contributed by atoms with van der Waals surface area (Å²) in [5.41, 5.74) is 2.53. The third kappa shape index (κ3) is 4.06.